The molecule has 0 unspecified atom stereocenters. The van der Waals surface area contributed by atoms with Crippen LogP contribution in [0.3, 0.4) is 0 Å². The first-order valence-electron chi connectivity index (χ1n) is 10.6. The molecule has 0 saturated heterocycles. The lowest BCUT2D eigenvalue weighted by Gasteiger charge is -2.23. The second kappa shape index (κ2) is 10.4. The van der Waals surface area contributed by atoms with E-state index in [1.165, 1.54) is 6.20 Å². The summed E-state index contributed by atoms with van der Waals surface area (Å²) in [6.07, 6.45) is 1.53. The van der Waals surface area contributed by atoms with Crippen molar-refractivity contribution in [2.75, 3.05) is 13.7 Å². The molecule has 7 nitrogen and oxygen atoms in total. The summed E-state index contributed by atoms with van der Waals surface area (Å²) < 4.78 is 33.3. The number of halogens is 1. The van der Waals surface area contributed by atoms with Gasteiger partial charge in [0, 0.05) is 23.2 Å². The number of ether oxygens (including phenoxy) is 1. The highest BCUT2D eigenvalue weighted by molar-refractivity contribution is 7.90. The Bertz CT molecular complexity index is 1240. The molecule has 0 fully saturated rings. The zero-order valence-corrected chi connectivity index (χ0v) is 20.7. The monoisotopic (exact) mass is 489 g/mol. The molecule has 33 heavy (non-hydrogen) atoms. The Hall–Kier alpha value is -2.84. The number of rotatable bonds is 9. The van der Waals surface area contributed by atoms with E-state index in [2.05, 4.69) is 4.98 Å². The standard InChI is InChI=1S/C24H28ClN3O4S/c1-5-27(23(29)19-9-7-11-22(13-19)32-4)15-21-14-26-24(28(21)17(2)3)33(30,31)16-18-8-6-10-20(25)12-18/h6-14,17H,5,15-16H2,1-4H3. The van der Waals surface area contributed by atoms with Gasteiger partial charge in [-0.2, -0.15) is 0 Å². The van der Waals surface area contributed by atoms with E-state index in [1.807, 2.05) is 20.8 Å². The molecule has 9 heteroatoms. The van der Waals surface area contributed by atoms with Gasteiger partial charge in [-0.1, -0.05) is 29.8 Å². The lowest BCUT2D eigenvalue weighted by atomic mass is 10.2. The minimum Gasteiger partial charge on any atom is -0.497 e. The van der Waals surface area contributed by atoms with Crippen LogP contribution in [0.15, 0.2) is 59.9 Å². The summed E-state index contributed by atoms with van der Waals surface area (Å²) >= 11 is 6.02. The zero-order chi connectivity index (χ0) is 24.2. The van der Waals surface area contributed by atoms with E-state index in [0.29, 0.717) is 34.1 Å². The fourth-order valence-electron chi connectivity index (χ4n) is 3.65. The van der Waals surface area contributed by atoms with Gasteiger partial charge in [0.25, 0.3) is 5.91 Å². The minimum atomic E-state index is -3.74. The zero-order valence-electron chi connectivity index (χ0n) is 19.2. The average Bonchev–Trinajstić information content (AvgIpc) is 3.22. The van der Waals surface area contributed by atoms with Crippen molar-refractivity contribution in [3.63, 3.8) is 0 Å². The van der Waals surface area contributed by atoms with Crippen LogP contribution in [0.25, 0.3) is 0 Å². The van der Waals surface area contributed by atoms with Crippen LogP contribution in [0.1, 0.15) is 48.4 Å². The van der Waals surface area contributed by atoms with Crippen LogP contribution in [0.2, 0.25) is 5.02 Å². The van der Waals surface area contributed by atoms with Gasteiger partial charge in [-0.05, 0) is 56.7 Å². The normalized spacial score (nSPS) is 11.6. The Morgan fingerprint density at radius 1 is 1.18 bits per heavy atom. The van der Waals surface area contributed by atoms with E-state index >= 15 is 0 Å². The number of carbonyl (C=O) groups excluding carboxylic acids is 1. The van der Waals surface area contributed by atoms with Crippen LogP contribution >= 0.6 is 11.6 Å². The average molecular weight is 490 g/mol. The van der Waals surface area contributed by atoms with E-state index in [-0.39, 0.29) is 29.4 Å². The Morgan fingerprint density at radius 2 is 1.91 bits per heavy atom. The number of hydrogen-bond acceptors (Lipinski definition) is 5. The summed E-state index contributed by atoms with van der Waals surface area (Å²) in [4.78, 5) is 19.0. The molecule has 0 saturated carbocycles. The van der Waals surface area contributed by atoms with Crippen LogP contribution in [0.5, 0.6) is 5.75 Å². The Morgan fingerprint density at radius 3 is 2.55 bits per heavy atom. The van der Waals surface area contributed by atoms with Gasteiger partial charge in [-0.15, -0.1) is 0 Å². The van der Waals surface area contributed by atoms with Crippen LogP contribution < -0.4 is 4.74 Å². The molecule has 0 atom stereocenters. The smallest absolute Gasteiger partial charge is 0.254 e. The molecule has 0 radical (unpaired) electrons. The molecule has 1 heterocycles. The predicted octanol–water partition coefficient (Wildman–Crippen LogP) is 4.76. The van der Waals surface area contributed by atoms with Gasteiger partial charge >= 0.3 is 0 Å². The molecular formula is C24H28ClN3O4S. The summed E-state index contributed by atoms with van der Waals surface area (Å²) in [7, 11) is -2.19. The third-order valence-electron chi connectivity index (χ3n) is 5.22. The number of amides is 1. The molecule has 1 amide bonds. The lowest BCUT2D eigenvalue weighted by molar-refractivity contribution is 0.0747. The van der Waals surface area contributed by atoms with Crippen molar-refractivity contribution in [1.82, 2.24) is 14.5 Å². The number of sulfone groups is 1. The maximum Gasteiger partial charge on any atom is 0.254 e. The van der Waals surface area contributed by atoms with E-state index in [1.54, 1.807) is 65.1 Å². The molecule has 0 aliphatic heterocycles. The van der Waals surface area contributed by atoms with Gasteiger partial charge in [0.2, 0.25) is 15.0 Å². The molecule has 0 aliphatic carbocycles. The number of nitrogens with zero attached hydrogens (tertiary/aromatic N) is 3. The fourth-order valence-corrected chi connectivity index (χ4v) is 5.45. The summed E-state index contributed by atoms with van der Waals surface area (Å²) in [5.41, 5.74) is 1.74. The lowest BCUT2D eigenvalue weighted by Crippen LogP contribution is -2.31. The molecule has 3 aromatic rings. The highest BCUT2D eigenvalue weighted by atomic mass is 35.5. The van der Waals surface area contributed by atoms with E-state index in [4.69, 9.17) is 16.3 Å². The van der Waals surface area contributed by atoms with Gasteiger partial charge in [0.15, 0.2) is 0 Å². The minimum absolute atomic E-state index is 0.0163. The second-order valence-electron chi connectivity index (χ2n) is 7.94. The van der Waals surface area contributed by atoms with E-state index in [9.17, 15) is 13.2 Å². The highest BCUT2D eigenvalue weighted by Crippen LogP contribution is 2.24. The molecule has 1 aromatic heterocycles. The van der Waals surface area contributed by atoms with Crippen molar-refractivity contribution in [3.05, 3.63) is 76.6 Å². The molecule has 3 rings (SSSR count). The van der Waals surface area contributed by atoms with Crippen LogP contribution in [0.4, 0.5) is 0 Å². The van der Waals surface area contributed by atoms with Gasteiger partial charge in [-0.25, -0.2) is 13.4 Å². The predicted molar refractivity (Wildman–Crippen MR) is 128 cm³/mol. The molecular weight excluding hydrogens is 462 g/mol. The van der Waals surface area contributed by atoms with E-state index < -0.39 is 9.84 Å². The maximum absolute atomic E-state index is 13.2. The summed E-state index contributed by atoms with van der Waals surface area (Å²) in [5.74, 6) is 0.214. The number of aromatic nitrogens is 2. The highest BCUT2D eigenvalue weighted by Gasteiger charge is 2.27. The van der Waals surface area contributed by atoms with Gasteiger partial charge in [-0.3, -0.25) is 4.79 Å². The number of benzene rings is 2. The second-order valence-corrected chi connectivity index (χ2v) is 10.3. The first-order chi connectivity index (χ1) is 15.7. The Kier molecular flexibility index (Phi) is 7.81. The van der Waals surface area contributed by atoms with Gasteiger partial charge in [0.05, 0.1) is 31.3 Å². The van der Waals surface area contributed by atoms with Crippen LogP contribution in [-0.2, 0) is 22.1 Å². The topological polar surface area (TPSA) is 81.5 Å². The van der Waals surface area contributed by atoms with Crippen molar-refractivity contribution in [2.24, 2.45) is 0 Å². The van der Waals surface area contributed by atoms with Crippen LogP contribution in [-0.4, -0.2) is 42.4 Å². The third-order valence-corrected chi connectivity index (χ3v) is 7.03. The quantitative estimate of drug-likeness (QED) is 0.432. The molecule has 2 aromatic carbocycles. The van der Waals surface area contributed by atoms with Gasteiger partial charge < -0.3 is 14.2 Å². The third kappa shape index (κ3) is 5.75. The van der Waals surface area contributed by atoms with Crippen molar-refractivity contribution >= 4 is 27.3 Å². The Labute approximate surface area is 199 Å². The van der Waals surface area contributed by atoms with Crippen molar-refractivity contribution in [3.8, 4) is 5.75 Å². The first kappa shape index (κ1) is 24.8. The summed E-state index contributed by atoms with van der Waals surface area (Å²) in [5, 5.41) is 0.461. The van der Waals surface area contributed by atoms with Gasteiger partial charge in [0.1, 0.15) is 5.75 Å². The van der Waals surface area contributed by atoms with Crippen molar-refractivity contribution in [1.29, 1.82) is 0 Å². The molecule has 176 valence electrons. The SMILES string of the molecule is CCN(Cc1cnc(S(=O)(=O)Cc2cccc(Cl)c2)n1C(C)C)C(=O)c1cccc(OC)c1. The first-order valence-corrected chi connectivity index (χ1v) is 12.7. The van der Waals surface area contributed by atoms with E-state index in [0.717, 1.165) is 0 Å². The number of carbonyl (C=O) groups is 1. The largest absolute Gasteiger partial charge is 0.497 e. The van der Waals surface area contributed by atoms with Crippen LogP contribution in [0, 0.1) is 0 Å². The Balaban J connectivity index is 1.91. The molecule has 0 bridgehead atoms. The summed E-state index contributed by atoms with van der Waals surface area (Å²) in [6.45, 7) is 6.34. The fraction of sp³-hybridized carbons (Fsp3) is 0.333. The molecule has 0 aliphatic rings. The summed E-state index contributed by atoms with van der Waals surface area (Å²) in [6, 6.07) is 13.6. The number of hydrogen-bond donors (Lipinski definition) is 0. The van der Waals surface area contributed by atoms with Crippen molar-refractivity contribution < 1.29 is 17.9 Å². The number of methoxy groups -OCH3 is 1. The maximum atomic E-state index is 13.2. The number of imidazole rings is 1. The van der Waals surface area contributed by atoms with Crippen molar-refractivity contribution in [2.45, 2.75) is 44.3 Å². The molecule has 0 N–H and O–H groups in total. The molecule has 0 spiro atoms.